The van der Waals surface area contributed by atoms with Crippen LogP contribution in [0.1, 0.15) is 17.3 Å². The van der Waals surface area contributed by atoms with Gasteiger partial charge in [0.1, 0.15) is 5.75 Å². The van der Waals surface area contributed by atoms with Crippen LogP contribution in [0.4, 0.5) is 0 Å². The highest BCUT2D eigenvalue weighted by Gasteiger charge is 2.11. The molecule has 1 rings (SSSR count). The fraction of sp³-hybridized carbons (Fsp3) is 0.417. The fourth-order valence-corrected chi connectivity index (χ4v) is 1.88. The lowest BCUT2D eigenvalue weighted by Crippen LogP contribution is -2.29. The molecule has 0 heterocycles. The van der Waals surface area contributed by atoms with E-state index in [2.05, 4.69) is 44.1 Å². The zero-order valence-corrected chi connectivity index (χ0v) is 13.0. The third-order valence-electron chi connectivity index (χ3n) is 2.29. The Hall–Kier alpha value is -0.550. The van der Waals surface area contributed by atoms with E-state index in [1.165, 1.54) is 0 Å². The molecule has 94 valence electrons. The van der Waals surface area contributed by atoms with Crippen LogP contribution < -0.4 is 10.1 Å². The molecule has 1 aromatic rings. The second-order valence-corrected chi connectivity index (χ2v) is 5.32. The van der Waals surface area contributed by atoms with Gasteiger partial charge in [0, 0.05) is 16.3 Å². The van der Waals surface area contributed by atoms with Gasteiger partial charge in [-0.3, -0.25) is 4.79 Å². The average molecular weight is 365 g/mol. The van der Waals surface area contributed by atoms with E-state index in [1.807, 2.05) is 12.1 Å². The van der Waals surface area contributed by atoms with E-state index in [0.717, 1.165) is 9.80 Å². The van der Waals surface area contributed by atoms with E-state index < -0.39 is 0 Å². The molecule has 0 aliphatic carbocycles. The van der Waals surface area contributed by atoms with Crippen molar-refractivity contribution < 1.29 is 9.53 Å². The van der Waals surface area contributed by atoms with Crippen molar-refractivity contribution in [3.05, 3.63) is 28.2 Å². The number of benzene rings is 1. The number of hydrogen-bond donors (Lipinski definition) is 1. The van der Waals surface area contributed by atoms with Crippen LogP contribution in [0.25, 0.3) is 0 Å². The monoisotopic (exact) mass is 363 g/mol. The van der Waals surface area contributed by atoms with Gasteiger partial charge in [0.15, 0.2) is 0 Å². The van der Waals surface area contributed by atoms with Crippen LogP contribution in [-0.4, -0.2) is 24.9 Å². The zero-order chi connectivity index (χ0) is 12.8. The van der Waals surface area contributed by atoms with Gasteiger partial charge >= 0.3 is 0 Å². The number of hydrogen-bond acceptors (Lipinski definition) is 2. The highest BCUT2D eigenvalue weighted by molar-refractivity contribution is 9.10. The maximum Gasteiger partial charge on any atom is 0.252 e. The summed E-state index contributed by atoms with van der Waals surface area (Å²) in [5.74, 6) is 0.985. The number of halogens is 2. The normalized spacial score (nSPS) is 12.0. The Bertz CT molecular complexity index is 396. The molecule has 1 aromatic carbocycles. The first-order chi connectivity index (χ1) is 8.08. The first kappa shape index (κ1) is 14.5. The van der Waals surface area contributed by atoms with E-state index >= 15 is 0 Å². The Labute approximate surface area is 118 Å². The minimum Gasteiger partial charge on any atom is -0.497 e. The molecule has 0 aliphatic heterocycles. The van der Waals surface area contributed by atoms with Crippen LogP contribution in [0.15, 0.2) is 22.7 Å². The molecule has 0 bridgehead atoms. The average Bonchev–Trinajstić information content (AvgIpc) is 2.36. The number of carbonyl (C=O) groups excluding carboxylic acids is 1. The zero-order valence-electron chi connectivity index (χ0n) is 9.80. The molecule has 0 fully saturated rings. The molecular weight excluding hydrogens is 350 g/mol. The van der Waals surface area contributed by atoms with Gasteiger partial charge in [-0.15, -0.1) is 0 Å². The summed E-state index contributed by atoms with van der Waals surface area (Å²) in [7, 11) is 1.58. The number of ether oxygens (including phenoxy) is 1. The van der Waals surface area contributed by atoms with Crippen LogP contribution in [0, 0.1) is 5.92 Å². The summed E-state index contributed by atoms with van der Waals surface area (Å²) < 4.78 is 5.86. The number of carbonyl (C=O) groups is 1. The minimum absolute atomic E-state index is 0.0939. The molecule has 0 aromatic heterocycles. The Morgan fingerprint density at radius 1 is 1.53 bits per heavy atom. The quantitative estimate of drug-likeness (QED) is 0.814. The number of amides is 1. The van der Waals surface area contributed by atoms with Crippen molar-refractivity contribution in [3.8, 4) is 5.75 Å². The van der Waals surface area contributed by atoms with Gasteiger partial charge in [-0.1, -0.05) is 22.9 Å². The van der Waals surface area contributed by atoms with Gasteiger partial charge in [0.2, 0.25) is 0 Å². The predicted molar refractivity (Wildman–Crippen MR) is 76.0 cm³/mol. The van der Waals surface area contributed by atoms with Crippen molar-refractivity contribution >= 4 is 37.8 Å². The summed E-state index contributed by atoms with van der Waals surface area (Å²) in [6, 6.07) is 5.34. The van der Waals surface area contributed by atoms with Crippen LogP contribution in [0.5, 0.6) is 5.75 Å². The topological polar surface area (TPSA) is 38.3 Å². The molecule has 3 nitrogen and oxygen atoms in total. The van der Waals surface area contributed by atoms with E-state index in [1.54, 1.807) is 13.2 Å². The SMILES string of the molecule is COc1ccc(Br)c(C(=O)NCC(C)CBr)c1. The second-order valence-electron chi connectivity index (χ2n) is 3.82. The first-order valence-electron chi connectivity index (χ1n) is 5.26. The van der Waals surface area contributed by atoms with E-state index in [0.29, 0.717) is 23.8 Å². The molecule has 0 aliphatic rings. The summed E-state index contributed by atoms with van der Waals surface area (Å²) >= 11 is 6.74. The predicted octanol–water partition coefficient (Wildman–Crippen LogP) is 3.22. The van der Waals surface area contributed by atoms with Gasteiger partial charge in [-0.25, -0.2) is 0 Å². The molecule has 1 N–H and O–H groups in total. The Morgan fingerprint density at radius 2 is 2.24 bits per heavy atom. The highest BCUT2D eigenvalue weighted by Crippen LogP contribution is 2.22. The maximum absolute atomic E-state index is 11.9. The molecule has 0 spiro atoms. The van der Waals surface area contributed by atoms with E-state index in [-0.39, 0.29) is 5.91 Å². The van der Waals surface area contributed by atoms with Crippen LogP contribution >= 0.6 is 31.9 Å². The molecule has 0 saturated carbocycles. The molecule has 1 amide bonds. The van der Waals surface area contributed by atoms with Gasteiger partial charge in [0.25, 0.3) is 5.91 Å². The first-order valence-corrected chi connectivity index (χ1v) is 7.17. The third-order valence-corrected chi connectivity index (χ3v) is 4.09. The van der Waals surface area contributed by atoms with E-state index in [9.17, 15) is 4.79 Å². The lowest BCUT2D eigenvalue weighted by atomic mass is 10.2. The van der Waals surface area contributed by atoms with Crippen LogP contribution in [-0.2, 0) is 0 Å². The van der Waals surface area contributed by atoms with Crippen molar-refractivity contribution in [2.45, 2.75) is 6.92 Å². The summed E-state index contributed by atoms with van der Waals surface area (Å²) in [5.41, 5.74) is 0.589. The molecule has 0 radical (unpaired) electrons. The Morgan fingerprint density at radius 3 is 2.82 bits per heavy atom. The number of alkyl halides is 1. The minimum atomic E-state index is -0.0939. The van der Waals surface area contributed by atoms with Crippen molar-refractivity contribution in [2.24, 2.45) is 5.92 Å². The summed E-state index contributed by atoms with van der Waals surface area (Å²) in [6.45, 7) is 2.71. The fourth-order valence-electron chi connectivity index (χ4n) is 1.22. The molecular formula is C12H15Br2NO2. The Balaban J connectivity index is 2.74. The standard InChI is InChI=1S/C12H15Br2NO2/c1-8(6-13)7-15-12(16)10-5-9(17-2)3-4-11(10)14/h3-5,8H,6-7H2,1-2H3,(H,15,16). The largest absolute Gasteiger partial charge is 0.497 e. The summed E-state index contributed by atoms with van der Waals surface area (Å²) in [6.07, 6.45) is 0. The Kier molecular flexibility index (Phi) is 5.98. The lowest BCUT2D eigenvalue weighted by Gasteiger charge is -2.11. The summed E-state index contributed by atoms with van der Waals surface area (Å²) in [5, 5.41) is 3.75. The van der Waals surface area contributed by atoms with E-state index in [4.69, 9.17) is 4.74 Å². The van der Waals surface area contributed by atoms with Crippen molar-refractivity contribution in [2.75, 3.05) is 19.0 Å². The van der Waals surface area contributed by atoms with Crippen molar-refractivity contribution in [1.82, 2.24) is 5.32 Å². The molecule has 1 atom stereocenters. The third kappa shape index (κ3) is 4.32. The second kappa shape index (κ2) is 7.01. The lowest BCUT2D eigenvalue weighted by molar-refractivity contribution is 0.0948. The number of methoxy groups -OCH3 is 1. The van der Waals surface area contributed by atoms with Crippen LogP contribution in [0.2, 0.25) is 0 Å². The maximum atomic E-state index is 11.9. The molecule has 5 heteroatoms. The van der Waals surface area contributed by atoms with Gasteiger partial charge < -0.3 is 10.1 Å². The van der Waals surface area contributed by atoms with Gasteiger partial charge in [-0.05, 0) is 40.0 Å². The number of rotatable bonds is 5. The van der Waals surface area contributed by atoms with Crippen LogP contribution in [0.3, 0.4) is 0 Å². The summed E-state index contributed by atoms with van der Waals surface area (Å²) in [4.78, 5) is 11.9. The number of nitrogens with one attached hydrogen (secondary N) is 1. The highest BCUT2D eigenvalue weighted by atomic mass is 79.9. The van der Waals surface area contributed by atoms with Gasteiger partial charge in [-0.2, -0.15) is 0 Å². The van der Waals surface area contributed by atoms with Crippen molar-refractivity contribution in [1.29, 1.82) is 0 Å². The molecule has 1 unspecified atom stereocenters. The van der Waals surface area contributed by atoms with Gasteiger partial charge in [0.05, 0.1) is 12.7 Å². The molecule has 0 saturated heterocycles. The smallest absolute Gasteiger partial charge is 0.252 e. The van der Waals surface area contributed by atoms with Crippen molar-refractivity contribution in [3.63, 3.8) is 0 Å². The molecule has 17 heavy (non-hydrogen) atoms.